The molecule has 0 atom stereocenters. The van der Waals surface area contributed by atoms with E-state index in [4.69, 9.17) is 0 Å². The number of nitrogens with one attached hydrogen (secondary N) is 1. The standard InChI is InChI=1S/C21H23FN6/c1-15-6-5-7-16(2)20(15)25-21-24-19(14-23-26-21)28-12-10-27(11-13-28)18-9-4-3-8-17(18)22/h3-9,14H,10-13H2,1-2H3,(H,24,25,26). The van der Waals surface area contributed by atoms with E-state index >= 15 is 0 Å². The zero-order valence-corrected chi connectivity index (χ0v) is 16.1. The largest absolute Gasteiger partial charge is 0.366 e. The van der Waals surface area contributed by atoms with Crippen LogP contribution in [0.5, 0.6) is 0 Å². The number of aryl methyl sites for hydroxylation is 2. The van der Waals surface area contributed by atoms with Gasteiger partial charge in [0.15, 0.2) is 5.82 Å². The molecule has 1 N–H and O–H groups in total. The molecule has 144 valence electrons. The van der Waals surface area contributed by atoms with Gasteiger partial charge in [-0.25, -0.2) is 4.39 Å². The average Bonchev–Trinajstić information content (AvgIpc) is 2.72. The van der Waals surface area contributed by atoms with Crippen molar-refractivity contribution in [1.82, 2.24) is 15.2 Å². The normalized spacial score (nSPS) is 14.2. The lowest BCUT2D eigenvalue weighted by atomic mass is 10.1. The Morgan fingerprint density at radius 3 is 2.29 bits per heavy atom. The van der Waals surface area contributed by atoms with Gasteiger partial charge in [0.25, 0.3) is 0 Å². The Kier molecular flexibility index (Phi) is 5.06. The van der Waals surface area contributed by atoms with Gasteiger partial charge >= 0.3 is 0 Å². The molecular weight excluding hydrogens is 355 g/mol. The number of halogens is 1. The Morgan fingerprint density at radius 1 is 0.893 bits per heavy atom. The summed E-state index contributed by atoms with van der Waals surface area (Å²) in [5, 5.41) is 11.5. The van der Waals surface area contributed by atoms with Crippen molar-refractivity contribution in [2.45, 2.75) is 13.8 Å². The molecule has 1 aliphatic heterocycles. The van der Waals surface area contributed by atoms with Crippen LogP contribution in [0.15, 0.2) is 48.7 Å². The third-order valence-electron chi connectivity index (χ3n) is 5.06. The lowest BCUT2D eigenvalue weighted by molar-refractivity contribution is 0.595. The zero-order valence-electron chi connectivity index (χ0n) is 16.1. The maximum Gasteiger partial charge on any atom is 0.249 e. The van der Waals surface area contributed by atoms with Crippen molar-refractivity contribution in [2.24, 2.45) is 0 Å². The lowest BCUT2D eigenvalue weighted by Crippen LogP contribution is -2.47. The summed E-state index contributed by atoms with van der Waals surface area (Å²) in [4.78, 5) is 8.86. The van der Waals surface area contributed by atoms with Crippen LogP contribution in [-0.4, -0.2) is 41.4 Å². The van der Waals surface area contributed by atoms with Crippen LogP contribution >= 0.6 is 0 Å². The Morgan fingerprint density at radius 2 is 1.57 bits per heavy atom. The Balaban J connectivity index is 1.46. The fourth-order valence-corrected chi connectivity index (χ4v) is 3.51. The molecule has 1 aliphatic rings. The summed E-state index contributed by atoms with van der Waals surface area (Å²) in [6.45, 7) is 7.05. The number of piperazine rings is 1. The van der Waals surface area contributed by atoms with E-state index in [2.05, 4.69) is 56.3 Å². The predicted molar refractivity (Wildman–Crippen MR) is 110 cm³/mol. The fraction of sp³-hybridized carbons (Fsp3) is 0.286. The summed E-state index contributed by atoms with van der Waals surface area (Å²) in [6, 6.07) is 13.0. The molecule has 3 aromatic rings. The summed E-state index contributed by atoms with van der Waals surface area (Å²) in [5.41, 5.74) is 3.92. The minimum absolute atomic E-state index is 0.181. The van der Waals surface area contributed by atoms with Gasteiger partial charge in [0, 0.05) is 31.9 Å². The molecule has 0 spiro atoms. The van der Waals surface area contributed by atoms with Crippen molar-refractivity contribution in [2.75, 3.05) is 41.3 Å². The molecule has 0 saturated carbocycles. The molecule has 28 heavy (non-hydrogen) atoms. The predicted octanol–water partition coefficient (Wildman–Crippen LogP) is 3.70. The van der Waals surface area contributed by atoms with Gasteiger partial charge < -0.3 is 15.1 Å². The van der Waals surface area contributed by atoms with Gasteiger partial charge in [0.1, 0.15) is 5.82 Å². The molecule has 0 unspecified atom stereocenters. The summed E-state index contributed by atoms with van der Waals surface area (Å²) in [7, 11) is 0. The maximum absolute atomic E-state index is 14.0. The second-order valence-corrected chi connectivity index (χ2v) is 6.96. The van der Waals surface area contributed by atoms with Crippen molar-refractivity contribution in [3.8, 4) is 0 Å². The van der Waals surface area contributed by atoms with Gasteiger partial charge in [-0.15, -0.1) is 5.10 Å². The molecule has 0 radical (unpaired) electrons. The van der Waals surface area contributed by atoms with E-state index in [1.807, 2.05) is 18.2 Å². The van der Waals surface area contributed by atoms with Crippen molar-refractivity contribution in [3.05, 3.63) is 65.6 Å². The van der Waals surface area contributed by atoms with E-state index in [9.17, 15) is 4.39 Å². The molecule has 7 heteroatoms. The topological polar surface area (TPSA) is 57.2 Å². The van der Waals surface area contributed by atoms with E-state index in [-0.39, 0.29) is 5.82 Å². The Hall–Kier alpha value is -3.22. The second kappa shape index (κ2) is 7.80. The number of rotatable bonds is 4. The number of benzene rings is 2. The number of aromatic nitrogens is 3. The van der Waals surface area contributed by atoms with Crippen LogP contribution in [0, 0.1) is 19.7 Å². The van der Waals surface area contributed by atoms with Crippen molar-refractivity contribution < 1.29 is 4.39 Å². The van der Waals surface area contributed by atoms with Gasteiger partial charge in [-0.1, -0.05) is 30.3 Å². The Bertz CT molecular complexity index is 948. The SMILES string of the molecule is Cc1cccc(C)c1Nc1nncc(N2CCN(c3ccccc3F)CC2)n1. The highest BCUT2D eigenvalue weighted by atomic mass is 19.1. The van der Waals surface area contributed by atoms with Crippen LogP contribution in [-0.2, 0) is 0 Å². The van der Waals surface area contributed by atoms with Gasteiger partial charge in [-0.2, -0.15) is 10.1 Å². The first-order valence-corrected chi connectivity index (χ1v) is 9.39. The first-order chi connectivity index (χ1) is 13.6. The zero-order chi connectivity index (χ0) is 19.5. The number of para-hydroxylation sites is 2. The first-order valence-electron chi connectivity index (χ1n) is 9.39. The monoisotopic (exact) mass is 378 g/mol. The summed E-state index contributed by atoms with van der Waals surface area (Å²) in [5.74, 6) is 1.07. The van der Waals surface area contributed by atoms with E-state index in [0.717, 1.165) is 48.8 Å². The van der Waals surface area contributed by atoms with Crippen molar-refractivity contribution in [3.63, 3.8) is 0 Å². The molecule has 2 heterocycles. The highest BCUT2D eigenvalue weighted by molar-refractivity contribution is 5.63. The molecule has 2 aromatic carbocycles. The van der Waals surface area contributed by atoms with Crippen molar-refractivity contribution >= 4 is 23.1 Å². The molecular formula is C21H23FN6. The van der Waals surface area contributed by atoms with Crippen LogP contribution in [0.1, 0.15) is 11.1 Å². The third-order valence-corrected chi connectivity index (χ3v) is 5.06. The fourth-order valence-electron chi connectivity index (χ4n) is 3.51. The van der Waals surface area contributed by atoms with Crippen LogP contribution in [0.3, 0.4) is 0 Å². The Labute approximate surface area is 164 Å². The van der Waals surface area contributed by atoms with Gasteiger partial charge in [-0.05, 0) is 37.1 Å². The minimum Gasteiger partial charge on any atom is -0.366 e. The minimum atomic E-state index is -0.181. The number of hydrogen-bond acceptors (Lipinski definition) is 6. The molecule has 4 rings (SSSR count). The molecule has 0 aliphatic carbocycles. The van der Waals surface area contributed by atoms with Crippen LogP contribution < -0.4 is 15.1 Å². The maximum atomic E-state index is 14.0. The highest BCUT2D eigenvalue weighted by Crippen LogP contribution is 2.24. The molecule has 0 bridgehead atoms. The van der Waals surface area contributed by atoms with E-state index in [1.54, 1.807) is 12.3 Å². The highest BCUT2D eigenvalue weighted by Gasteiger charge is 2.21. The molecule has 0 amide bonds. The molecule has 6 nitrogen and oxygen atoms in total. The summed E-state index contributed by atoms with van der Waals surface area (Å²) < 4.78 is 14.0. The molecule has 1 aromatic heterocycles. The summed E-state index contributed by atoms with van der Waals surface area (Å²) in [6.07, 6.45) is 1.68. The lowest BCUT2D eigenvalue weighted by Gasteiger charge is -2.36. The number of nitrogens with zero attached hydrogens (tertiary/aromatic N) is 5. The van der Waals surface area contributed by atoms with E-state index in [1.165, 1.54) is 6.07 Å². The van der Waals surface area contributed by atoms with Crippen LogP contribution in [0.25, 0.3) is 0 Å². The quantitative estimate of drug-likeness (QED) is 0.747. The van der Waals surface area contributed by atoms with Gasteiger partial charge in [0.2, 0.25) is 5.95 Å². The number of hydrogen-bond donors (Lipinski definition) is 1. The smallest absolute Gasteiger partial charge is 0.249 e. The average molecular weight is 378 g/mol. The first kappa shape index (κ1) is 18.2. The van der Waals surface area contributed by atoms with Gasteiger partial charge in [-0.3, -0.25) is 0 Å². The second-order valence-electron chi connectivity index (χ2n) is 6.96. The van der Waals surface area contributed by atoms with Gasteiger partial charge in [0.05, 0.1) is 11.9 Å². The molecule has 1 saturated heterocycles. The van der Waals surface area contributed by atoms with Crippen LogP contribution in [0.2, 0.25) is 0 Å². The molecule has 1 fully saturated rings. The summed E-state index contributed by atoms with van der Waals surface area (Å²) >= 11 is 0. The third kappa shape index (κ3) is 3.74. The number of anilines is 4. The van der Waals surface area contributed by atoms with E-state index in [0.29, 0.717) is 11.6 Å². The van der Waals surface area contributed by atoms with E-state index < -0.39 is 0 Å². The van der Waals surface area contributed by atoms with Crippen LogP contribution in [0.4, 0.5) is 27.5 Å². The van der Waals surface area contributed by atoms with Crippen molar-refractivity contribution in [1.29, 1.82) is 0 Å².